The smallest absolute Gasteiger partial charge is 0.0728 e. The van der Waals surface area contributed by atoms with Crippen LogP contribution in [0.25, 0.3) is 10.9 Å². The molecule has 2 aromatic rings. The molecule has 3 rings (SSSR count). The first-order valence-corrected chi connectivity index (χ1v) is 5.41. The lowest BCUT2D eigenvalue weighted by Crippen LogP contribution is -1.95. The molecule has 0 atom stereocenters. The van der Waals surface area contributed by atoms with Crippen LogP contribution in [0.15, 0.2) is 24.3 Å². The number of anilines is 1. The Kier molecular flexibility index (Phi) is 1.72. The SMILES string of the molecule is Cc1cc(N)c2c(C3CC3)cccc2n1. The molecule has 0 aliphatic heterocycles. The molecule has 1 aliphatic rings. The van der Waals surface area contributed by atoms with Crippen LogP contribution < -0.4 is 5.73 Å². The number of rotatable bonds is 1. The summed E-state index contributed by atoms with van der Waals surface area (Å²) in [6, 6.07) is 8.29. The summed E-state index contributed by atoms with van der Waals surface area (Å²) in [5.74, 6) is 0.723. The Bertz CT molecular complexity index is 527. The van der Waals surface area contributed by atoms with E-state index in [9.17, 15) is 0 Å². The van der Waals surface area contributed by atoms with Gasteiger partial charge >= 0.3 is 0 Å². The molecule has 0 amide bonds. The van der Waals surface area contributed by atoms with Gasteiger partial charge in [-0.25, -0.2) is 0 Å². The fourth-order valence-electron chi connectivity index (χ4n) is 2.22. The Hall–Kier alpha value is -1.57. The second kappa shape index (κ2) is 2.96. The largest absolute Gasteiger partial charge is 0.398 e. The van der Waals surface area contributed by atoms with Gasteiger partial charge in [-0.15, -0.1) is 0 Å². The lowest BCUT2D eigenvalue weighted by molar-refractivity contribution is 1.14. The van der Waals surface area contributed by atoms with Gasteiger partial charge in [0, 0.05) is 16.8 Å². The minimum atomic E-state index is 0.723. The van der Waals surface area contributed by atoms with Crippen molar-refractivity contribution in [1.29, 1.82) is 0 Å². The molecular weight excluding hydrogens is 184 g/mol. The summed E-state index contributed by atoms with van der Waals surface area (Å²) in [5.41, 5.74) is 10.4. The number of nitrogens with two attached hydrogens (primary N) is 1. The van der Waals surface area contributed by atoms with Crippen LogP contribution in [0, 0.1) is 6.92 Å². The highest BCUT2D eigenvalue weighted by atomic mass is 14.7. The van der Waals surface area contributed by atoms with Gasteiger partial charge in [-0.1, -0.05) is 12.1 Å². The molecule has 1 aliphatic carbocycles. The first kappa shape index (κ1) is 8.72. The maximum absolute atomic E-state index is 6.08. The van der Waals surface area contributed by atoms with E-state index in [1.807, 2.05) is 19.1 Å². The molecule has 1 heterocycles. The first-order chi connectivity index (χ1) is 7.25. The summed E-state index contributed by atoms with van der Waals surface area (Å²) in [4.78, 5) is 4.53. The van der Waals surface area contributed by atoms with E-state index in [2.05, 4.69) is 17.1 Å². The molecule has 15 heavy (non-hydrogen) atoms. The van der Waals surface area contributed by atoms with Crippen molar-refractivity contribution in [2.24, 2.45) is 0 Å². The van der Waals surface area contributed by atoms with E-state index in [0.29, 0.717) is 0 Å². The zero-order valence-corrected chi connectivity index (χ0v) is 8.83. The van der Waals surface area contributed by atoms with Crippen molar-refractivity contribution in [3.63, 3.8) is 0 Å². The van der Waals surface area contributed by atoms with Crippen molar-refractivity contribution >= 4 is 16.6 Å². The van der Waals surface area contributed by atoms with Crippen LogP contribution >= 0.6 is 0 Å². The van der Waals surface area contributed by atoms with E-state index in [-0.39, 0.29) is 0 Å². The summed E-state index contributed by atoms with van der Waals surface area (Å²) in [6.45, 7) is 1.99. The van der Waals surface area contributed by atoms with Crippen molar-refractivity contribution in [2.75, 3.05) is 5.73 Å². The number of hydrogen-bond acceptors (Lipinski definition) is 2. The molecular formula is C13H14N2. The van der Waals surface area contributed by atoms with Crippen LogP contribution in [0.1, 0.15) is 30.0 Å². The number of pyridine rings is 1. The van der Waals surface area contributed by atoms with Gasteiger partial charge in [0.05, 0.1) is 5.52 Å². The van der Waals surface area contributed by atoms with Crippen LogP contribution in [-0.2, 0) is 0 Å². The number of hydrogen-bond donors (Lipinski definition) is 1. The average Bonchev–Trinajstić information content (AvgIpc) is 2.99. The number of aromatic nitrogens is 1. The van der Waals surface area contributed by atoms with E-state index in [1.165, 1.54) is 23.8 Å². The first-order valence-electron chi connectivity index (χ1n) is 5.41. The van der Waals surface area contributed by atoms with E-state index >= 15 is 0 Å². The predicted octanol–water partition coefficient (Wildman–Crippen LogP) is 3.00. The summed E-state index contributed by atoms with van der Waals surface area (Å²) in [6.07, 6.45) is 2.60. The van der Waals surface area contributed by atoms with Gasteiger partial charge in [-0.2, -0.15) is 0 Å². The molecule has 1 saturated carbocycles. The van der Waals surface area contributed by atoms with Crippen molar-refractivity contribution in [3.05, 3.63) is 35.5 Å². The van der Waals surface area contributed by atoms with E-state index in [4.69, 9.17) is 5.73 Å². The van der Waals surface area contributed by atoms with E-state index in [0.717, 1.165) is 22.8 Å². The second-order valence-corrected chi connectivity index (χ2v) is 4.37. The highest BCUT2D eigenvalue weighted by Gasteiger charge is 2.26. The minimum absolute atomic E-state index is 0.723. The lowest BCUT2D eigenvalue weighted by Gasteiger charge is -2.08. The molecule has 2 N–H and O–H groups in total. The standard InChI is InChI=1S/C13H14N2/c1-8-7-11(14)13-10(9-5-6-9)3-2-4-12(13)15-8/h2-4,7,9H,5-6H2,1H3,(H2,14,15). The molecule has 0 radical (unpaired) electrons. The van der Waals surface area contributed by atoms with Gasteiger partial charge in [0.15, 0.2) is 0 Å². The van der Waals surface area contributed by atoms with Crippen molar-refractivity contribution in [3.8, 4) is 0 Å². The average molecular weight is 198 g/mol. The molecule has 1 aromatic carbocycles. The quantitative estimate of drug-likeness (QED) is 0.765. The lowest BCUT2D eigenvalue weighted by atomic mass is 10.0. The fourth-order valence-corrected chi connectivity index (χ4v) is 2.22. The topological polar surface area (TPSA) is 38.9 Å². The van der Waals surface area contributed by atoms with Gasteiger partial charge in [0.25, 0.3) is 0 Å². The van der Waals surface area contributed by atoms with Crippen molar-refractivity contribution in [2.45, 2.75) is 25.7 Å². The highest BCUT2D eigenvalue weighted by Crippen LogP contribution is 2.44. The molecule has 1 fully saturated rings. The molecule has 1 aromatic heterocycles. The van der Waals surface area contributed by atoms with Crippen molar-refractivity contribution in [1.82, 2.24) is 4.98 Å². The van der Waals surface area contributed by atoms with E-state index < -0.39 is 0 Å². The molecule has 76 valence electrons. The number of aryl methyl sites for hydroxylation is 1. The Morgan fingerprint density at radius 3 is 2.87 bits per heavy atom. The number of benzene rings is 1. The summed E-state index contributed by atoms with van der Waals surface area (Å²) >= 11 is 0. The van der Waals surface area contributed by atoms with Gasteiger partial charge < -0.3 is 5.73 Å². The second-order valence-electron chi connectivity index (χ2n) is 4.37. The zero-order valence-electron chi connectivity index (χ0n) is 8.83. The minimum Gasteiger partial charge on any atom is -0.398 e. The third-order valence-corrected chi connectivity index (χ3v) is 3.04. The molecule has 0 spiro atoms. The number of nitrogen functional groups attached to an aromatic ring is 1. The van der Waals surface area contributed by atoms with Gasteiger partial charge in [0.1, 0.15) is 0 Å². The van der Waals surface area contributed by atoms with Gasteiger partial charge in [-0.3, -0.25) is 4.98 Å². The van der Waals surface area contributed by atoms with Crippen LogP contribution in [-0.4, -0.2) is 4.98 Å². The normalized spacial score (nSPS) is 15.8. The van der Waals surface area contributed by atoms with Gasteiger partial charge in [0.2, 0.25) is 0 Å². The van der Waals surface area contributed by atoms with Crippen LogP contribution in [0.5, 0.6) is 0 Å². The third kappa shape index (κ3) is 1.37. The Labute approximate surface area is 89.1 Å². The summed E-state index contributed by atoms with van der Waals surface area (Å²) in [7, 11) is 0. The maximum atomic E-state index is 6.08. The number of fused-ring (bicyclic) bond motifs is 1. The molecule has 2 heteroatoms. The van der Waals surface area contributed by atoms with Crippen LogP contribution in [0.3, 0.4) is 0 Å². The number of nitrogens with zero attached hydrogens (tertiary/aromatic N) is 1. The Morgan fingerprint density at radius 1 is 1.33 bits per heavy atom. The molecule has 0 bridgehead atoms. The zero-order chi connectivity index (χ0) is 10.4. The third-order valence-electron chi connectivity index (χ3n) is 3.04. The molecule has 0 unspecified atom stereocenters. The van der Waals surface area contributed by atoms with Gasteiger partial charge in [-0.05, 0) is 43.4 Å². The maximum Gasteiger partial charge on any atom is 0.0728 e. The molecule has 2 nitrogen and oxygen atoms in total. The highest BCUT2D eigenvalue weighted by molar-refractivity contribution is 5.93. The van der Waals surface area contributed by atoms with Crippen LogP contribution in [0.2, 0.25) is 0 Å². The molecule has 0 saturated heterocycles. The fraction of sp³-hybridized carbons (Fsp3) is 0.308. The Balaban J connectivity index is 2.37. The summed E-state index contributed by atoms with van der Waals surface area (Å²) < 4.78 is 0. The van der Waals surface area contributed by atoms with Crippen molar-refractivity contribution < 1.29 is 0 Å². The predicted molar refractivity (Wildman–Crippen MR) is 62.9 cm³/mol. The van der Waals surface area contributed by atoms with E-state index in [1.54, 1.807) is 0 Å². The summed E-state index contributed by atoms with van der Waals surface area (Å²) in [5, 5.41) is 1.17. The van der Waals surface area contributed by atoms with Crippen LogP contribution in [0.4, 0.5) is 5.69 Å². The monoisotopic (exact) mass is 198 g/mol. The Morgan fingerprint density at radius 2 is 2.13 bits per heavy atom.